The summed E-state index contributed by atoms with van der Waals surface area (Å²) in [4.78, 5) is 11.9. The molecule has 1 nitrogen and oxygen atoms in total. The zero-order chi connectivity index (χ0) is 11.0. The summed E-state index contributed by atoms with van der Waals surface area (Å²) in [7, 11) is 0. The van der Waals surface area contributed by atoms with Crippen LogP contribution in [0.3, 0.4) is 0 Å². The van der Waals surface area contributed by atoms with E-state index in [1.165, 1.54) is 12.1 Å². The van der Waals surface area contributed by atoms with E-state index in [2.05, 4.69) is 0 Å². The van der Waals surface area contributed by atoms with Crippen molar-refractivity contribution in [3.63, 3.8) is 0 Å². The summed E-state index contributed by atoms with van der Waals surface area (Å²) < 4.78 is 13.2. The van der Waals surface area contributed by atoms with Crippen LogP contribution in [0.15, 0.2) is 12.1 Å². The molecule has 1 heterocycles. The predicted octanol–water partition coefficient (Wildman–Crippen LogP) is 3.69. The SMILES string of the molecule is CCC1SCc2cc(F)c(Cl)cc2C1=O. The molecular weight excluding hydrogens is 235 g/mol. The van der Waals surface area contributed by atoms with Crippen LogP contribution in [0.1, 0.15) is 29.3 Å². The van der Waals surface area contributed by atoms with Crippen molar-refractivity contribution < 1.29 is 9.18 Å². The molecule has 0 saturated carbocycles. The van der Waals surface area contributed by atoms with E-state index in [0.29, 0.717) is 11.3 Å². The van der Waals surface area contributed by atoms with Gasteiger partial charge in [-0.3, -0.25) is 4.79 Å². The third kappa shape index (κ3) is 1.91. The Morgan fingerprint density at radius 1 is 1.60 bits per heavy atom. The number of carbonyl (C=O) groups is 1. The lowest BCUT2D eigenvalue weighted by Gasteiger charge is -2.22. The van der Waals surface area contributed by atoms with Gasteiger partial charge in [0.05, 0.1) is 10.3 Å². The van der Waals surface area contributed by atoms with Crippen molar-refractivity contribution in [2.24, 2.45) is 0 Å². The Hall–Kier alpha value is -0.540. The molecule has 4 heteroatoms. The molecule has 1 atom stereocenters. The Bertz CT molecular complexity index is 419. The molecule has 0 radical (unpaired) electrons. The van der Waals surface area contributed by atoms with E-state index in [-0.39, 0.29) is 16.1 Å². The van der Waals surface area contributed by atoms with Crippen LogP contribution in [0.2, 0.25) is 5.02 Å². The van der Waals surface area contributed by atoms with Crippen LogP contribution in [0, 0.1) is 5.82 Å². The van der Waals surface area contributed by atoms with Gasteiger partial charge in [-0.15, -0.1) is 11.8 Å². The molecule has 2 rings (SSSR count). The van der Waals surface area contributed by atoms with Crippen molar-refractivity contribution in [1.82, 2.24) is 0 Å². The van der Waals surface area contributed by atoms with E-state index in [0.717, 1.165) is 12.0 Å². The van der Waals surface area contributed by atoms with Crippen molar-refractivity contribution in [2.75, 3.05) is 0 Å². The molecule has 1 aliphatic heterocycles. The van der Waals surface area contributed by atoms with Gasteiger partial charge < -0.3 is 0 Å². The molecule has 0 spiro atoms. The molecule has 1 aromatic rings. The summed E-state index contributed by atoms with van der Waals surface area (Å²) in [5, 5.41) is 0.0304. The molecule has 0 fully saturated rings. The summed E-state index contributed by atoms with van der Waals surface area (Å²) in [6.07, 6.45) is 0.804. The lowest BCUT2D eigenvalue weighted by atomic mass is 10.0. The van der Waals surface area contributed by atoms with E-state index in [9.17, 15) is 9.18 Å². The van der Waals surface area contributed by atoms with Gasteiger partial charge in [0.1, 0.15) is 5.82 Å². The highest BCUT2D eigenvalue weighted by Crippen LogP contribution is 2.34. The number of rotatable bonds is 1. The van der Waals surface area contributed by atoms with E-state index < -0.39 is 5.82 Å². The Labute approximate surface area is 97.0 Å². The first-order valence-corrected chi connectivity index (χ1v) is 6.20. The topological polar surface area (TPSA) is 17.1 Å². The van der Waals surface area contributed by atoms with Crippen molar-refractivity contribution in [3.8, 4) is 0 Å². The zero-order valence-electron chi connectivity index (χ0n) is 8.22. The summed E-state index contributed by atoms with van der Waals surface area (Å²) in [5.41, 5.74) is 1.35. The van der Waals surface area contributed by atoms with E-state index >= 15 is 0 Å². The Kier molecular flexibility index (Phi) is 3.03. The van der Waals surface area contributed by atoms with Gasteiger partial charge in [-0.25, -0.2) is 4.39 Å². The minimum atomic E-state index is -0.446. The Morgan fingerprint density at radius 3 is 3.00 bits per heavy atom. The summed E-state index contributed by atoms with van der Waals surface area (Å²) in [6.45, 7) is 1.98. The number of Topliss-reactive ketones (excluding diaryl/α,β-unsaturated/α-hetero) is 1. The number of hydrogen-bond donors (Lipinski definition) is 0. The largest absolute Gasteiger partial charge is 0.293 e. The first-order chi connectivity index (χ1) is 7.13. The molecule has 0 amide bonds. The fraction of sp³-hybridized carbons (Fsp3) is 0.364. The molecule has 1 aliphatic rings. The standard InChI is InChI=1S/C11H10ClFOS/c1-2-10-11(14)7-4-8(12)9(13)3-6(7)5-15-10/h3-4,10H,2,5H2,1H3. The fourth-order valence-corrected chi connectivity index (χ4v) is 2.98. The fourth-order valence-electron chi connectivity index (χ4n) is 1.68. The molecule has 1 aromatic carbocycles. The van der Waals surface area contributed by atoms with Crippen LogP contribution in [0.25, 0.3) is 0 Å². The zero-order valence-corrected chi connectivity index (χ0v) is 9.79. The van der Waals surface area contributed by atoms with Crippen molar-refractivity contribution >= 4 is 29.1 Å². The van der Waals surface area contributed by atoms with Crippen molar-refractivity contribution in [2.45, 2.75) is 24.3 Å². The Morgan fingerprint density at radius 2 is 2.33 bits per heavy atom. The van der Waals surface area contributed by atoms with Gasteiger partial charge in [0.2, 0.25) is 0 Å². The lowest BCUT2D eigenvalue weighted by molar-refractivity contribution is 0.0985. The molecular formula is C11H10ClFOS. The Balaban J connectivity index is 2.48. The van der Waals surface area contributed by atoms with Crippen LogP contribution >= 0.6 is 23.4 Å². The molecule has 15 heavy (non-hydrogen) atoms. The quantitative estimate of drug-likeness (QED) is 0.750. The first-order valence-electron chi connectivity index (χ1n) is 4.77. The number of halogens is 2. The van der Waals surface area contributed by atoms with Gasteiger partial charge in [0.15, 0.2) is 5.78 Å². The first kappa shape index (κ1) is 11.0. The van der Waals surface area contributed by atoms with E-state index in [4.69, 9.17) is 11.6 Å². The van der Waals surface area contributed by atoms with Gasteiger partial charge in [0, 0.05) is 11.3 Å². The maximum atomic E-state index is 13.2. The van der Waals surface area contributed by atoms with Crippen LogP contribution in [-0.4, -0.2) is 11.0 Å². The van der Waals surface area contributed by atoms with Gasteiger partial charge in [-0.2, -0.15) is 0 Å². The average molecular weight is 245 g/mol. The van der Waals surface area contributed by atoms with Crippen molar-refractivity contribution in [3.05, 3.63) is 34.1 Å². The van der Waals surface area contributed by atoms with Crippen LogP contribution in [-0.2, 0) is 5.75 Å². The number of benzene rings is 1. The van der Waals surface area contributed by atoms with Gasteiger partial charge in [-0.05, 0) is 24.1 Å². The molecule has 0 aromatic heterocycles. The number of ketones is 1. The number of carbonyl (C=O) groups excluding carboxylic acids is 1. The second-order valence-corrected chi connectivity index (χ2v) is 5.09. The highest BCUT2D eigenvalue weighted by molar-refractivity contribution is 8.00. The lowest BCUT2D eigenvalue weighted by Crippen LogP contribution is -2.22. The maximum absolute atomic E-state index is 13.2. The number of hydrogen-bond acceptors (Lipinski definition) is 2. The smallest absolute Gasteiger partial charge is 0.176 e. The minimum Gasteiger partial charge on any atom is -0.293 e. The van der Waals surface area contributed by atoms with Gasteiger partial charge in [-0.1, -0.05) is 18.5 Å². The van der Waals surface area contributed by atoms with Gasteiger partial charge >= 0.3 is 0 Å². The molecule has 0 N–H and O–H groups in total. The van der Waals surface area contributed by atoms with Crippen LogP contribution in [0.4, 0.5) is 4.39 Å². The van der Waals surface area contributed by atoms with Crippen LogP contribution < -0.4 is 0 Å². The molecule has 0 bridgehead atoms. The third-order valence-electron chi connectivity index (χ3n) is 2.51. The number of thioether (sulfide) groups is 1. The molecule has 0 saturated heterocycles. The summed E-state index contributed by atoms with van der Waals surface area (Å²) in [6, 6.07) is 2.82. The van der Waals surface area contributed by atoms with Gasteiger partial charge in [0.25, 0.3) is 0 Å². The third-order valence-corrected chi connectivity index (χ3v) is 4.23. The number of fused-ring (bicyclic) bond motifs is 1. The highest BCUT2D eigenvalue weighted by atomic mass is 35.5. The molecule has 80 valence electrons. The molecule has 0 aliphatic carbocycles. The maximum Gasteiger partial charge on any atom is 0.176 e. The van der Waals surface area contributed by atoms with E-state index in [1.807, 2.05) is 6.92 Å². The molecule has 1 unspecified atom stereocenters. The highest BCUT2D eigenvalue weighted by Gasteiger charge is 2.27. The predicted molar refractivity (Wildman–Crippen MR) is 61.1 cm³/mol. The van der Waals surface area contributed by atoms with Crippen LogP contribution in [0.5, 0.6) is 0 Å². The minimum absolute atomic E-state index is 0.000900. The normalized spacial score (nSPS) is 20.2. The second kappa shape index (κ2) is 4.14. The summed E-state index contributed by atoms with van der Waals surface area (Å²) in [5.74, 6) is 0.317. The average Bonchev–Trinajstić information content (AvgIpc) is 2.22. The second-order valence-electron chi connectivity index (χ2n) is 3.50. The van der Waals surface area contributed by atoms with Crippen molar-refractivity contribution in [1.29, 1.82) is 0 Å². The monoisotopic (exact) mass is 244 g/mol. The van der Waals surface area contributed by atoms with E-state index in [1.54, 1.807) is 11.8 Å². The summed E-state index contributed by atoms with van der Waals surface area (Å²) >= 11 is 7.24.